The van der Waals surface area contributed by atoms with Gasteiger partial charge in [-0.3, -0.25) is 24.1 Å². The number of carbonyl (C=O) groups excluding carboxylic acids is 5. The fourth-order valence-corrected chi connectivity index (χ4v) is 3.89. The van der Waals surface area contributed by atoms with E-state index in [1.54, 1.807) is 0 Å². The van der Waals surface area contributed by atoms with Gasteiger partial charge in [0.2, 0.25) is 11.6 Å². The van der Waals surface area contributed by atoms with Gasteiger partial charge in [0.1, 0.15) is 31.5 Å². The topological polar surface area (TPSA) is 195 Å². The molecule has 0 bridgehead atoms. The number of ether oxygens (including phenoxy) is 2. The van der Waals surface area contributed by atoms with Crippen LogP contribution in [0.3, 0.4) is 0 Å². The average Bonchev–Trinajstić information content (AvgIpc) is 3.07. The average molecular weight is 464 g/mol. The van der Waals surface area contributed by atoms with Gasteiger partial charge in [-0.25, -0.2) is 4.79 Å². The van der Waals surface area contributed by atoms with E-state index in [1.165, 1.54) is 25.2 Å². The summed E-state index contributed by atoms with van der Waals surface area (Å²) in [5.41, 5.74) is -2.15. The highest BCUT2D eigenvalue weighted by Gasteiger charge is 2.61. The molecule has 0 saturated carbocycles. The number of esters is 1. The zero-order valence-electron chi connectivity index (χ0n) is 17.2. The van der Waals surface area contributed by atoms with Crippen molar-refractivity contribution in [1.29, 1.82) is 0 Å². The lowest BCUT2D eigenvalue weighted by Crippen LogP contribution is -2.74. The van der Waals surface area contributed by atoms with Crippen molar-refractivity contribution in [3.63, 3.8) is 0 Å². The first-order valence-electron chi connectivity index (χ1n) is 9.73. The third-order valence-electron chi connectivity index (χ3n) is 5.84. The Kier molecular flexibility index (Phi) is 5.23. The number of benzene rings is 1. The third-order valence-corrected chi connectivity index (χ3v) is 5.84. The number of nitrogens with one attached hydrogen (secondary N) is 2. The Morgan fingerprint density at radius 2 is 1.94 bits per heavy atom. The van der Waals surface area contributed by atoms with Crippen molar-refractivity contribution in [2.75, 3.05) is 38.7 Å². The maximum absolute atomic E-state index is 12.8. The molecule has 3 unspecified atom stereocenters. The smallest absolute Gasteiger partial charge is 0.340 e. The predicted octanol–water partition coefficient (Wildman–Crippen LogP) is -3.66. The van der Waals surface area contributed by atoms with Crippen LogP contribution in [0.5, 0.6) is 5.75 Å². The molecule has 2 fully saturated rings. The summed E-state index contributed by atoms with van der Waals surface area (Å²) in [4.78, 5) is 64.2. The van der Waals surface area contributed by atoms with Crippen molar-refractivity contribution in [1.82, 2.24) is 15.1 Å². The Hall–Kier alpha value is -3.75. The minimum atomic E-state index is -2.52. The van der Waals surface area contributed by atoms with Gasteiger partial charge >= 0.3 is 11.8 Å². The van der Waals surface area contributed by atoms with Crippen LogP contribution in [-0.2, 0) is 23.9 Å². The summed E-state index contributed by atoms with van der Waals surface area (Å²) in [6.07, 6.45) is 0. The molecule has 1 aromatic carbocycles. The molecule has 3 aliphatic rings. The molecular weight excluding hydrogens is 444 g/mol. The number of nitrogens with zero attached hydrogens (tertiary/aromatic N) is 2. The maximum Gasteiger partial charge on any atom is 0.340 e. The van der Waals surface area contributed by atoms with E-state index in [-0.39, 0.29) is 17.0 Å². The van der Waals surface area contributed by atoms with E-state index in [0.717, 1.165) is 9.80 Å². The molecular formula is C19H20N4O10. The highest BCUT2D eigenvalue weighted by Crippen LogP contribution is 2.36. The van der Waals surface area contributed by atoms with Crippen LogP contribution in [0.4, 0.5) is 5.69 Å². The predicted molar refractivity (Wildman–Crippen MR) is 104 cm³/mol. The van der Waals surface area contributed by atoms with E-state index < -0.39 is 73.5 Å². The molecule has 4 amide bonds. The van der Waals surface area contributed by atoms with Crippen LogP contribution < -0.4 is 15.4 Å². The highest BCUT2D eigenvalue weighted by atomic mass is 16.6. The van der Waals surface area contributed by atoms with Gasteiger partial charge in [0, 0.05) is 7.05 Å². The first-order valence-corrected chi connectivity index (χ1v) is 9.73. The standard InChI is InChI=1S/C19H20N4O10/c1-22-12(26)5-23-14(27)10(20-16(29)18(22,23)7-24)6-32-15(28)9-3-2-4-11-13(9)21-17(30)19(31,8-25)33-11/h2-4,10,24-25,31H,5-8H2,1H3,(H,20,29)(H,21,30). The Balaban J connectivity index is 1.51. The molecule has 5 N–H and O–H groups in total. The fourth-order valence-electron chi connectivity index (χ4n) is 3.89. The number of likely N-dealkylation sites (N-methyl/N-ethyl adjacent to an activating group) is 1. The molecule has 3 heterocycles. The van der Waals surface area contributed by atoms with Crippen LogP contribution in [0.25, 0.3) is 0 Å². The molecule has 2 saturated heterocycles. The van der Waals surface area contributed by atoms with Gasteiger partial charge in [0.25, 0.3) is 17.7 Å². The number of hydrogen-bond acceptors (Lipinski definition) is 10. The van der Waals surface area contributed by atoms with E-state index in [9.17, 15) is 39.3 Å². The van der Waals surface area contributed by atoms with Crippen molar-refractivity contribution < 1.29 is 48.8 Å². The molecule has 33 heavy (non-hydrogen) atoms. The van der Waals surface area contributed by atoms with Gasteiger partial charge in [-0.2, -0.15) is 0 Å². The summed E-state index contributed by atoms with van der Waals surface area (Å²) in [6.45, 7) is -2.86. The van der Waals surface area contributed by atoms with Crippen molar-refractivity contribution in [3.05, 3.63) is 23.8 Å². The molecule has 176 valence electrons. The third kappa shape index (κ3) is 3.18. The first kappa shape index (κ1) is 22.4. The summed E-state index contributed by atoms with van der Waals surface area (Å²) in [5.74, 6) is -6.78. The number of carbonyl (C=O) groups is 5. The Labute approximate surface area is 185 Å². The number of aliphatic hydroxyl groups is 3. The Bertz CT molecular complexity index is 1080. The molecule has 0 spiro atoms. The molecule has 4 rings (SSSR count). The van der Waals surface area contributed by atoms with Crippen molar-refractivity contribution in [2.45, 2.75) is 17.5 Å². The zero-order valence-corrected chi connectivity index (χ0v) is 17.2. The second kappa shape index (κ2) is 7.68. The second-order valence-corrected chi connectivity index (χ2v) is 7.65. The molecule has 1 aromatic rings. The SMILES string of the molecule is CN1C(=O)CN2C(=O)C(COC(=O)c3cccc4c3NC(=O)C(O)(CO)O4)NC(=O)C12CO. The number of para-hydroxylation sites is 1. The lowest BCUT2D eigenvalue weighted by atomic mass is 10.0. The number of rotatable bonds is 5. The Morgan fingerprint density at radius 3 is 2.61 bits per heavy atom. The molecule has 0 radical (unpaired) electrons. The minimum absolute atomic E-state index is 0.103. The van der Waals surface area contributed by atoms with Gasteiger partial charge in [-0.1, -0.05) is 6.07 Å². The van der Waals surface area contributed by atoms with Crippen molar-refractivity contribution >= 4 is 35.3 Å². The molecule has 14 heteroatoms. The van der Waals surface area contributed by atoms with Gasteiger partial charge in [-0.15, -0.1) is 0 Å². The normalized spacial score (nSPS) is 28.5. The number of hydrogen-bond donors (Lipinski definition) is 5. The van der Waals surface area contributed by atoms with Crippen LogP contribution in [0.15, 0.2) is 18.2 Å². The molecule has 0 aromatic heterocycles. The van der Waals surface area contributed by atoms with Crippen LogP contribution in [0, 0.1) is 0 Å². The van der Waals surface area contributed by atoms with Gasteiger partial charge in [-0.05, 0) is 12.1 Å². The summed E-state index contributed by atoms with van der Waals surface area (Å²) in [5, 5.41) is 33.6. The van der Waals surface area contributed by atoms with Crippen molar-refractivity contribution in [3.8, 4) is 5.75 Å². The fraction of sp³-hybridized carbons (Fsp3) is 0.421. The number of amides is 4. The van der Waals surface area contributed by atoms with E-state index in [0.29, 0.717) is 0 Å². The van der Waals surface area contributed by atoms with Gasteiger partial charge < -0.3 is 40.3 Å². The number of piperazine rings is 1. The number of fused-ring (bicyclic) bond motifs is 2. The monoisotopic (exact) mass is 464 g/mol. The quantitative estimate of drug-likeness (QED) is 0.271. The first-order chi connectivity index (χ1) is 15.6. The summed E-state index contributed by atoms with van der Waals surface area (Å²) >= 11 is 0. The number of aliphatic hydroxyl groups excluding tert-OH is 2. The summed E-state index contributed by atoms with van der Waals surface area (Å²) in [7, 11) is 1.29. The van der Waals surface area contributed by atoms with Gasteiger partial charge in [0.15, 0.2) is 0 Å². The van der Waals surface area contributed by atoms with E-state index >= 15 is 0 Å². The lowest BCUT2D eigenvalue weighted by molar-refractivity contribution is -0.183. The van der Waals surface area contributed by atoms with E-state index in [2.05, 4.69) is 10.6 Å². The van der Waals surface area contributed by atoms with Crippen molar-refractivity contribution in [2.24, 2.45) is 0 Å². The maximum atomic E-state index is 12.8. The lowest BCUT2D eigenvalue weighted by Gasteiger charge is -2.44. The summed E-state index contributed by atoms with van der Waals surface area (Å²) in [6, 6.07) is 2.69. The molecule has 14 nitrogen and oxygen atoms in total. The molecule has 3 atom stereocenters. The molecule has 0 aliphatic carbocycles. The van der Waals surface area contributed by atoms with Crippen LogP contribution in [-0.4, -0.2) is 106 Å². The van der Waals surface area contributed by atoms with E-state index in [4.69, 9.17) is 9.47 Å². The summed E-state index contributed by atoms with van der Waals surface area (Å²) < 4.78 is 10.2. The highest BCUT2D eigenvalue weighted by molar-refractivity contribution is 6.08. The van der Waals surface area contributed by atoms with E-state index in [1.807, 2.05) is 0 Å². The largest absolute Gasteiger partial charge is 0.459 e. The Morgan fingerprint density at radius 1 is 1.21 bits per heavy atom. The zero-order chi connectivity index (χ0) is 24.1. The van der Waals surface area contributed by atoms with Gasteiger partial charge in [0.05, 0.1) is 17.9 Å². The number of anilines is 1. The van der Waals surface area contributed by atoms with Crippen LogP contribution >= 0.6 is 0 Å². The minimum Gasteiger partial charge on any atom is -0.459 e. The molecule has 3 aliphatic heterocycles. The van der Waals surface area contributed by atoms with Crippen LogP contribution in [0.2, 0.25) is 0 Å². The second-order valence-electron chi connectivity index (χ2n) is 7.65. The van der Waals surface area contributed by atoms with Crippen LogP contribution in [0.1, 0.15) is 10.4 Å².